The van der Waals surface area contributed by atoms with Gasteiger partial charge in [0.25, 0.3) is 0 Å². The molecular weight excluding hydrogens is 424 g/mol. The Kier molecular flexibility index (Phi) is 6.18. The zero-order valence-corrected chi connectivity index (χ0v) is 21.4. The van der Waals surface area contributed by atoms with E-state index < -0.39 is 5.60 Å². The van der Waals surface area contributed by atoms with Crippen LogP contribution in [-0.4, -0.2) is 51.8 Å². The van der Waals surface area contributed by atoms with Crippen LogP contribution < -0.4 is 0 Å². The molecule has 5 rings (SSSR count). The highest BCUT2D eigenvalue weighted by Crippen LogP contribution is 2.66. The minimum Gasteiger partial charge on any atom is -0.390 e. The molecule has 4 aliphatic carbocycles. The fraction of sp³-hybridized carbons (Fsp3) is 0.821. The van der Waals surface area contributed by atoms with Gasteiger partial charge in [0.2, 0.25) is 5.69 Å². The smallest absolute Gasteiger partial charge is 0.224 e. The number of aliphatic hydroxyl groups is 1. The third-order valence-electron chi connectivity index (χ3n) is 10.4. The number of rotatable bonds is 5. The Balaban J connectivity index is 1.39. The van der Waals surface area contributed by atoms with Crippen LogP contribution in [0.15, 0.2) is 12.4 Å². The van der Waals surface area contributed by atoms with Crippen LogP contribution in [0.3, 0.4) is 0 Å². The minimum atomic E-state index is -0.477. The standard InChI is InChI=1S/C28H42N4O2/c1-27(34)10-8-21-18(13-27)6-7-23-22(21)9-11-28(2)24(12-19(26(23)28)15-31(4)5)25(33)17-32-16-20(29-3)14-30-32/h14,16,18-19,21-24,26,34H,6-13,15,17H2,1-2,4-5H3/t18-,19+,21+,22-,23-,24-,26+,27-,28-/m1/s1. The van der Waals surface area contributed by atoms with Crippen LogP contribution in [0.2, 0.25) is 0 Å². The van der Waals surface area contributed by atoms with Crippen molar-refractivity contribution in [1.29, 1.82) is 0 Å². The van der Waals surface area contributed by atoms with Gasteiger partial charge in [-0.25, -0.2) is 4.85 Å². The topological polar surface area (TPSA) is 62.7 Å². The number of ketones is 1. The lowest BCUT2D eigenvalue weighted by Crippen LogP contribution is -2.52. The van der Waals surface area contributed by atoms with Crippen molar-refractivity contribution in [3.8, 4) is 0 Å². The van der Waals surface area contributed by atoms with E-state index in [-0.39, 0.29) is 17.9 Å². The van der Waals surface area contributed by atoms with Crippen molar-refractivity contribution < 1.29 is 9.90 Å². The van der Waals surface area contributed by atoms with Gasteiger partial charge in [-0.05, 0) is 113 Å². The summed E-state index contributed by atoms with van der Waals surface area (Å²) in [4.78, 5) is 19.4. The molecule has 9 atom stereocenters. The van der Waals surface area contributed by atoms with Crippen LogP contribution in [0, 0.1) is 53.4 Å². The summed E-state index contributed by atoms with van der Waals surface area (Å²) in [6.45, 7) is 13.0. The van der Waals surface area contributed by atoms with Crippen molar-refractivity contribution in [3.63, 3.8) is 0 Å². The molecule has 1 heterocycles. The lowest BCUT2D eigenvalue weighted by atomic mass is 9.48. The molecule has 6 nitrogen and oxygen atoms in total. The molecule has 0 saturated heterocycles. The van der Waals surface area contributed by atoms with Crippen molar-refractivity contribution in [1.82, 2.24) is 14.7 Å². The minimum absolute atomic E-state index is 0.0572. The summed E-state index contributed by atoms with van der Waals surface area (Å²) in [5.74, 6) is 4.45. The van der Waals surface area contributed by atoms with Gasteiger partial charge in [0.15, 0.2) is 5.78 Å². The van der Waals surface area contributed by atoms with Gasteiger partial charge in [-0.15, -0.1) is 0 Å². The Hall–Kier alpha value is -1.71. The number of carbonyl (C=O) groups excluding carboxylic acids is 1. The number of carbonyl (C=O) groups is 1. The first-order valence-electron chi connectivity index (χ1n) is 13.4. The number of nitrogens with zero attached hydrogens (tertiary/aromatic N) is 4. The monoisotopic (exact) mass is 466 g/mol. The van der Waals surface area contributed by atoms with Crippen molar-refractivity contribution in [2.24, 2.45) is 46.8 Å². The van der Waals surface area contributed by atoms with Gasteiger partial charge in [-0.3, -0.25) is 9.48 Å². The van der Waals surface area contributed by atoms with Crippen molar-refractivity contribution >= 4 is 11.5 Å². The molecule has 4 saturated carbocycles. The number of Topliss-reactive ketones (excluding diaryl/α,β-unsaturated/α-hetero) is 1. The fourth-order valence-electron chi connectivity index (χ4n) is 9.29. The molecule has 0 radical (unpaired) electrons. The van der Waals surface area contributed by atoms with E-state index in [1.807, 2.05) is 6.92 Å². The summed E-state index contributed by atoms with van der Waals surface area (Å²) in [5, 5.41) is 15.0. The van der Waals surface area contributed by atoms with Gasteiger partial charge in [0, 0.05) is 18.7 Å². The molecule has 0 unspecified atom stereocenters. The van der Waals surface area contributed by atoms with Crippen molar-refractivity contribution in [2.75, 3.05) is 20.6 Å². The van der Waals surface area contributed by atoms with Gasteiger partial charge in [-0.1, -0.05) is 6.92 Å². The molecule has 1 N–H and O–H groups in total. The quantitative estimate of drug-likeness (QED) is 0.633. The molecule has 1 aromatic rings. The van der Waals surface area contributed by atoms with Crippen LogP contribution in [0.4, 0.5) is 5.69 Å². The fourth-order valence-corrected chi connectivity index (χ4v) is 9.29. The molecule has 186 valence electrons. The third-order valence-corrected chi connectivity index (χ3v) is 10.4. The maximum atomic E-state index is 13.7. The van der Waals surface area contributed by atoms with Crippen LogP contribution in [0.1, 0.15) is 65.2 Å². The third kappa shape index (κ3) is 4.13. The van der Waals surface area contributed by atoms with E-state index in [0.29, 0.717) is 35.1 Å². The van der Waals surface area contributed by atoms with Crippen LogP contribution in [0.25, 0.3) is 4.85 Å². The Morgan fingerprint density at radius 1 is 1.21 bits per heavy atom. The number of aromatic nitrogens is 2. The lowest BCUT2D eigenvalue weighted by molar-refractivity contribution is -0.134. The van der Waals surface area contributed by atoms with Gasteiger partial charge < -0.3 is 10.0 Å². The van der Waals surface area contributed by atoms with E-state index in [4.69, 9.17) is 6.57 Å². The highest BCUT2D eigenvalue weighted by atomic mass is 16.3. The summed E-state index contributed by atoms with van der Waals surface area (Å²) >= 11 is 0. The highest BCUT2D eigenvalue weighted by molar-refractivity contribution is 5.82. The van der Waals surface area contributed by atoms with Gasteiger partial charge >= 0.3 is 0 Å². The van der Waals surface area contributed by atoms with E-state index in [1.54, 1.807) is 17.1 Å². The molecule has 1 aromatic heterocycles. The molecule has 0 spiro atoms. The SMILES string of the molecule is [C-]#[N+]c1cnn(CC(=O)[C@H]2C[C@@H](CN(C)C)[C@H]3[C@@H]4CC[C@@H]5C[C@](C)(O)CC[C@@H]5[C@H]4CC[C@@]32C)c1. The second-order valence-corrected chi connectivity index (χ2v) is 12.9. The van der Waals surface area contributed by atoms with Gasteiger partial charge in [0.05, 0.1) is 24.9 Å². The molecule has 0 bridgehead atoms. The summed E-state index contributed by atoms with van der Waals surface area (Å²) in [5.41, 5.74) is 0.0779. The Labute approximate surface area is 204 Å². The predicted molar refractivity (Wildman–Crippen MR) is 132 cm³/mol. The summed E-state index contributed by atoms with van der Waals surface area (Å²) in [6, 6.07) is 0. The van der Waals surface area contributed by atoms with Crippen LogP contribution in [-0.2, 0) is 11.3 Å². The molecule has 4 aliphatic rings. The Morgan fingerprint density at radius 3 is 2.68 bits per heavy atom. The zero-order chi connectivity index (χ0) is 24.3. The molecule has 34 heavy (non-hydrogen) atoms. The second kappa shape index (κ2) is 8.75. The maximum absolute atomic E-state index is 13.7. The lowest BCUT2D eigenvalue weighted by Gasteiger charge is -2.57. The largest absolute Gasteiger partial charge is 0.390 e. The molecule has 0 aliphatic heterocycles. The van der Waals surface area contributed by atoms with E-state index in [1.165, 1.54) is 25.7 Å². The summed E-state index contributed by atoms with van der Waals surface area (Å²) < 4.78 is 1.66. The number of hydrogen-bond acceptors (Lipinski definition) is 4. The Morgan fingerprint density at radius 2 is 1.97 bits per heavy atom. The van der Waals surface area contributed by atoms with Crippen LogP contribution in [0.5, 0.6) is 0 Å². The maximum Gasteiger partial charge on any atom is 0.224 e. The number of hydrogen-bond donors (Lipinski definition) is 1. The Bertz CT molecular complexity index is 962. The van der Waals surface area contributed by atoms with Gasteiger partial charge in [0.1, 0.15) is 0 Å². The molecule has 0 amide bonds. The zero-order valence-electron chi connectivity index (χ0n) is 21.4. The van der Waals surface area contributed by atoms with Crippen molar-refractivity contribution in [3.05, 3.63) is 23.8 Å². The first-order valence-corrected chi connectivity index (χ1v) is 13.4. The van der Waals surface area contributed by atoms with E-state index >= 15 is 0 Å². The first kappa shape index (κ1) is 24.0. The van der Waals surface area contributed by atoms with Gasteiger partial charge in [-0.2, -0.15) is 5.10 Å². The number of fused-ring (bicyclic) bond motifs is 5. The molecular formula is C28H42N4O2. The van der Waals surface area contributed by atoms with Crippen molar-refractivity contribution in [2.45, 2.75) is 77.4 Å². The van der Waals surface area contributed by atoms with E-state index in [0.717, 1.165) is 44.1 Å². The first-order chi connectivity index (χ1) is 16.1. The van der Waals surface area contributed by atoms with E-state index in [9.17, 15) is 9.90 Å². The average Bonchev–Trinajstić information content (AvgIpc) is 3.34. The molecule has 6 heteroatoms. The average molecular weight is 467 g/mol. The second-order valence-electron chi connectivity index (χ2n) is 12.9. The molecule has 0 aromatic carbocycles. The normalized spacial score (nSPS) is 43.6. The highest BCUT2D eigenvalue weighted by Gasteiger charge is 2.61. The van der Waals surface area contributed by atoms with Crippen LogP contribution >= 0.6 is 0 Å². The predicted octanol–water partition coefficient (Wildman–Crippen LogP) is 4.81. The summed E-state index contributed by atoms with van der Waals surface area (Å²) in [6.07, 6.45) is 12.2. The summed E-state index contributed by atoms with van der Waals surface area (Å²) in [7, 11) is 4.34. The van der Waals surface area contributed by atoms with E-state index in [2.05, 4.69) is 35.9 Å². The molecule has 4 fully saturated rings.